The monoisotopic (exact) mass is 494 g/mol. The Labute approximate surface area is 208 Å². The van der Waals surface area contributed by atoms with Gasteiger partial charge in [-0.1, -0.05) is 55.0 Å². The number of hydrogen-bond acceptors (Lipinski definition) is 7. The molecule has 1 aromatic heterocycles. The number of carbonyl (C=O) groups excluding carboxylic acids is 2. The summed E-state index contributed by atoms with van der Waals surface area (Å²) >= 11 is 0. The first kappa shape index (κ1) is 26.3. The van der Waals surface area contributed by atoms with Crippen LogP contribution in [0.4, 0.5) is 11.5 Å². The van der Waals surface area contributed by atoms with Gasteiger partial charge in [0.05, 0.1) is 6.54 Å². The van der Waals surface area contributed by atoms with E-state index in [-0.39, 0.29) is 24.6 Å². The van der Waals surface area contributed by atoms with Gasteiger partial charge >= 0.3 is 11.7 Å². The van der Waals surface area contributed by atoms with Crippen LogP contribution in [0.3, 0.4) is 0 Å². The summed E-state index contributed by atoms with van der Waals surface area (Å²) in [5.74, 6) is -1.06. The number of hydrogen-bond donors (Lipinski definition) is 2. The highest BCUT2D eigenvalue weighted by atomic mass is 16.6. The van der Waals surface area contributed by atoms with E-state index in [1.807, 2.05) is 56.3 Å². The van der Waals surface area contributed by atoms with Gasteiger partial charge in [0.15, 0.2) is 18.4 Å². The number of ether oxygens (including phenoxy) is 2. The molecule has 0 aliphatic carbocycles. The van der Waals surface area contributed by atoms with Crippen LogP contribution in [0.25, 0.3) is 0 Å². The number of nitrogens with zero attached hydrogens (tertiary/aromatic N) is 2. The lowest BCUT2D eigenvalue weighted by Gasteiger charge is -2.24. The van der Waals surface area contributed by atoms with Crippen LogP contribution in [0.15, 0.2) is 64.2 Å². The highest BCUT2D eigenvalue weighted by Crippen LogP contribution is 2.19. The molecule has 0 aliphatic heterocycles. The van der Waals surface area contributed by atoms with Crippen molar-refractivity contribution in [3.63, 3.8) is 0 Å². The van der Waals surface area contributed by atoms with E-state index in [0.717, 1.165) is 16.0 Å². The quantitative estimate of drug-likeness (QED) is 0.412. The van der Waals surface area contributed by atoms with Gasteiger partial charge in [-0.15, -0.1) is 0 Å². The van der Waals surface area contributed by atoms with Crippen LogP contribution >= 0.6 is 0 Å². The van der Waals surface area contributed by atoms with Gasteiger partial charge in [0, 0.05) is 6.54 Å². The molecule has 1 atom stereocenters. The number of nitrogens with two attached hydrogens (primary N) is 1. The number of aromatic nitrogens is 2. The highest BCUT2D eigenvalue weighted by Gasteiger charge is 2.26. The minimum Gasteiger partial charge on any atom is -0.479 e. The summed E-state index contributed by atoms with van der Waals surface area (Å²) in [6, 6.07) is 16.2. The topological polar surface area (TPSA) is 137 Å². The third-order valence-electron chi connectivity index (χ3n) is 5.42. The lowest BCUT2D eigenvalue weighted by Crippen LogP contribution is -2.43. The van der Waals surface area contributed by atoms with E-state index in [1.54, 1.807) is 12.1 Å². The van der Waals surface area contributed by atoms with Crippen molar-refractivity contribution in [2.45, 2.75) is 39.8 Å². The zero-order valence-corrected chi connectivity index (χ0v) is 20.5. The van der Waals surface area contributed by atoms with E-state index in [0.29, 0.717) is 12.2 Å². The third-order valence-corrected chi connectivity index (χ3v) is 5.42. The molecule has 0 fully saturated rings. The maximum atomic E-state index is 13.0. The van der Waals surface area contributed by atoms with Crippen LogP contribution in [0.2, 0.25) is 0 Å². The molecule has 1 unspecified atom stereocenters. The number of carbonyl (C=O) groups is 2. The van der Waals surface area contributed by atoms with Crippen molar-refractivity contribution in [1.29, 1.82) is 0 Å². The second-order valence-electron chi connectivity index (χ2n) is 8.29. The van der Waals surface area contributed by atoms with Crippen LogP contribution in [0.1, 0.15) is 31.4 Å². The lowest BCUT2D eigenvalue weighted by atomic mass is 10.2. The Bertz CT molecular complexity index is 1320. The van der Waals surface area contributed by atoms with Crippen LogP contribution < -0.4 is 26.6 Å². The molecule has 10 nitrogen and oxygen atoms in total. The molecule has 0 bridgehead atoms. The van der Waals surface area contributed by atoms with Crippen molar-refractivity contribution in [3.05, 3.63) is 86.6 Å². The summed E-state index contributed by atoms with van der Waals surface area (Å²) in [7, 11) is 0. The van der Waals surface area contributed by atoms with Gasteiger partial charge in [0.2, 0.25) is 0 Å². The maximum absolute atomic E-state index is 13.0. The van der Waals surface area contributed by atoms with Crippen LogP contribution in [0, 0.1) is 6.92 Å². The molecule has 3 rings (SSSR count). The lowest BCUT2D eigenvalue weighted by molar-refractivity contribution is -0.154. The van der Waals surface area contributed by atoms with E-state index in [1.165, 1.54) is 11.5 Å². The number of nitrogen functional groups attached to an aromatic ring is 1. The molecule has 0 radical (unpaired) electrons. The summed E-state index contributed by atoms with van der Waals surface area (Å²) in [4.78, 5) is 54.0. The number of esters is 1. The Morgan fingerprint density at radius 1 is 1.08 bits per heavy atom. The molecule has 0 saturated carbocycles. The van der Waals surface area contributed by atoms with E-state index in [9.17, 15) is 19.2 Å². The van der Waals surface area contributed by atoms with Crippen molar-refractivity contribution in [2.24, 2.45) is 0 Å². The number of rotatable bonds is 10. The van der Waals surface area contributed by atoms with E-state index in [2.05, 4.69) is 4.98 Å². The Morgan fingerprint density at radius 2 is 1.75 bits per heavy atom. The van der Waals surface area contributed by atoms with Crippen LogP contribution in [-0.2, 0) is 20.9 Å². The summed E-state index contributed by atoms with van der Waals surface area (Å²) < 4.78 is 11.9. The second-order valence-corrected chi connectivity index (χ2v) is 8.29. The van der Waals surface area contributed by atoms with Crippen molar-refractivity contribution in [2.75, 3.05) is 23.8 Å². The molecule has 3 aromatic rings. The fraction of sp³-hybridized carbons (Fsp3) is 0.308. The largest absolute Gasteiger partial charge is 0.479 e. The molecule has 1 amide bonds. The second kappa shape index (κ2) is 11.9. The van der Waals surface area contributed by atoms with Gasteiger partial charge in [0.25, 0.3) is 11.5 Å². The van der Waals surface area contributed by atoms with Gasteiger partial charge < -0.3 is 20.1 Å². The summed E-state index contributed by atoms with van der Waals surface area (Å²) in [6.45, 7) is 4.86. The molecular weight excluding hydrogens is 464 g/mol. The molecule has 2 aromatic carbocycles. The van der Waals surface area contributed by atoms with Gasteiger partial charge in [-0.25, -0.2) is 9.59 Å². The molecule has 0 aliphatic rings. The molecule has 0 spiro atoms. The molecular formula is C26H30N4O6. The summed E-state index contributed by atoms with van der Waals surface area (Å²) in [6.07, 6.45) is -0.468. The van der Waals surface area contributed by atoms with Crippen molar-refractivity contribution in [1.82, 2.24) is 9.55 Å². The fourth-order valence-corrected chi connectivity index (χ4v) is 3.54. The molecule has 10 heteroatoms. The van der Waals surface area contributed by atoms with E-state index in [4.69, 9.17) is 15.2 Å². The Balaban J connectivity index is 1.77. The zero-order chi connectivity index (χ0) is 26.2. The molecule has 3 N–H and O–H groups in total. The minimum absolute atomic E-state index is 0.103. The van der Waals surface area contributed by atoms with Gasteiger partial charge in [-0.2, -0.15) is 0 Å². The normalized spacial score (nSPS) is 11.5. The van der Waals surface area contributed by atoms with E-state index < -0.39 is 35.8 Å². The molecule has 1 heterocycles. The van der Waals surface area contributed by atoms with Crippen LogP contribution in [0.5, 0.6) is 5.75 Å². The number of aromatic amines is 1. The van der Waals surface area contributed by atoms with Crippen molar-refractivity contribution in [3.8, 4) is 5.75 Å². The molecule has 0 saturated heterocycles. The van der Waals surface area contributed by atoms with Crippen molar-refractivity contribution >= 4 is 23.4 Å². The Kier molecular flexibility index (Phi) is 8.66. The molecule has 36 heavy (non-hydrogen) atoms. The SMILES string of the molecule is CCCN(C(=O)COC(=O)C(C)Oc1ccc(C)cc1)c1c(N)n(Cc2ccccc2)c(=O)[nH]c1=O. The number of nitrogens with one attached hydrogen (secondary N) is 1. The van der Waals surface area contributed by atoms with E-state index >= 15 is 0 Å². The maximum Gasteiger partial charge on any atom is 0.347 e. The Morgan fingerprint density at radius 3 is 2.39 bits per heavy atom. The summed E-state index contributed by atoms with van der Waals surface area (Å²) in [5, 5.41) is 0. The number of H-pyrrole nitrogens is 1. The number of aryl methyl sites for hydroxylation is 1. The Hall–Kier alpha value is -4.34. The predicted molar refractivity (Wildman–Crippen MR) is 136 cm³/mol. The third kappa shape index (κ3) is 6.41. The first-order chi connectivity index (χ1) is 17.2. The van der Waals surface area contributed by atoms with Crippen molar-refractivity contribution < 1.29 is 19.1 Å². The number of anilines is 2. The van der Waals surface area contributed by atoms with Crippen LogP contribution in [-0.4, -0.2) is 40.7 Å². The average Bonchev–Trinajstić information content (AvgIpc) is 2.86. The first-order valence-electron chi connectivity index (χ1n) is 11.6. The van der Waals surface area contributed by atoms with Gasteiger partial charge in [0.1, 0.15) is 11.6 Å². The zero-order valence-electron chi connectivity index (χ0n) is 20.5. The van der Waals surface area contributed by atoms with Gasteiger partial charge in [-0.3, -0.25) is 19.1 Å². The smallest absolute Gasteiger partial charge is 0.347 e. The summed E-state index contributed by atoms with van der Waals surface area (Å²) in [5.41, 5.74) is 6.39. The first-order valence-corrected chi connectivity index (χ1v) is 11.6. The van der Waals surface area contributed by atoms with Gasteiger partial charge in [-0.05, 0) is 38.0 Å². The fourth-order valence-electron chi connectivity index (χ4n) is 3.54. The predicted octanol–water partition coefficient (Wildman–Crippen LogP) is 2.23. The minimum atomic E-state index is -0.957. The molecule has 190 valence electrons. The number of benzene rings is 2. The number of amides is 1. The average molecular weight is 495 g/mol. The standard InChI is InChI=1S/C26H30N4O6/c1-4-14-29(21(31)16-35-25(33)18(3)36-20-12-10-17(2)11-13-20)22-23(27)30(26(34)28-24(22)32)15-19-8-6-5-7-9-19/h5-13,18H,4,14-16,27H2,1-3H3,(H,28,32,34). The highest BCUT2D eigenvalue weighted by molar-refractivity contribution is 5.97.